The molecule has 1 aliphatic rings. The van der Waals surface area contributed by atoms with Crippen LogP contribution in [0, 0.1) is 10.8 Å². The summed E-state index contributed by atoms with van der Waals surface area (Å²) in [5, 5.41) is 10.6. The van der Waals surface area contributed by atoms with Crippen LogP contribution >= 0.6 is 0 Å². The second-order valence-electron chi connectivity index (χ2n) is 7.31. The Labute approximate surface area is 116 Å². The van der Waals surface area contributed by atoms with Crippen LogP contribution in [0.25, 0.3) is 0 Å². The zero-order valence-corrected chi connectivity index (χ0v) is 13.2. The molecule has 0 atom stereocenters. The summed E-state index contributed by atoms with van der Waals surface area (Å²) in [5.74, 6) is 0.400. The van der Waals surface area contributed by atoms with Crippen LogP contribution < -0.4 is 0 Å². The van der Waals surface area contributed by atoms with Crippen molar-refractivity contribution in [2.75, 3.05) is 0 Å². The summed E-state index contributed by atoms with van der Waals surface area (Å²) in [7, 11) is 0. The summed E-state index contributed by atoms with van der Waals surface area (Å²) in [4.78, 5) is 11.7. The lowest BCUT2D eigenvalue weighted by Crippen LogP contribution is -2.17. The molecule has 0 amide bonds. The molecule has 0 aromatic rings. The van der Waals surface area contributed by atoms with E-state index >= 15 is 0 Å². The maximum Gasteiger partial charge on any atom is 0.156 e. The lowest BCUT2D eigenvalue weighted by Gasteiger charge is -2.27. The van der Waals surface area contributed by atoms with Crippen molar-refractivity contribution < 1.29 is 9.90 Å². The van der Waals surface area contributed by atoms with Crippen LogP contribution in [0.15, 0.2) is 34.6 Å². The van der Waals surface area contributed by atoms with E-state index in [4.69, 9.17) is 0 Å². The smallest absolute Gasteiger partial charge is 0.156 e. The number of ketones is 1. The summed E-state index contributed by atoms with van der Waals surface area (Å²) in [5.41, 5.74) is 2.19. The standard InChI is InChI=1S/C17H26O2/c1-11(18)12-8-9-13(16(2,3)4)15(19)14(10-12)17(5,6)7/h9-10,19H,8H2,1-7H3. The van der Waals surface area contributed by atoms with Crippen LogP contribution in [-0.2, 0) is 4.79 Å². The molecule has 0 radical (unpaired) electrons. The highest BCUT2D eigenvalue weighted by Crippen LogP contribution is 2.40. The first-order valence-corrected chi connectivity index (χ1v) is 6.81. The molecular formula is C17H26O2. The molecule has 2 nitrogen and oxygen atoms in total. The summed E-state index contributed by atoms with van der Waals surface area (Å²) >= 11 is 0. The van der Waals surface area contributed by atoms with Gasteiger partial charge >= 0.3 is 0 Å². The predicted molar refractivity (Wildman–Crippen MR) is 80.0 cm³/mol. The molecule has 0 heterocycles. The fourth-order valence-electron chi connectivity index (χ4n) is 2.23. The number of carbonyl (C=O) groups excluding carboxylic acids is 1. The highest BCUT2D eigenvalue weighted by atomic mass is 16.3. The Morgan fingerprint density at radius 1 is 1.11 bits per heavy atom. The number of rotatable bonds is 1. The minimum atomic E-state index is -0.195. The van der Waals surface area contributed by atoms with Crippen molar-refractivity contribution in [1.82, 2.24) is 0 Å². The van der Waals surface area contributed by atoms with Crippen molar-refractivity contribution in [2.24, 2.45) is 10.8 Å². The van der Waals surface area contributed by atoms with Gasteiger partial charge in [-0.2, -0.15) is 0 Å². The molecule has 0 aromatic carbocycles. The number of carbonyl (C=O) groups is 1. The van der Waals surface area contributed by atoms with Gasteiger partial charge in [0.15, 0.2) is 5.78 Å². The Morgan fingerprint density at radius 2 is 1.63 bits per heavy atom. The third kappa shape index (κ3) is 3.59. The highest BCUT2D eigenvalue weighted by Gasteiger charge is 2.29. The largest absolute Gasteiger partial charge is 0.507 e. The lowest BCUT2D eigenvalue weighted by molar-refractivity contribution is -0.113. The first-order chi connectivity index (χ1) is 8.44. The number of hydrogen-bond donors (Lipinski definition) is 1. The summed E-state index contributed by atoms with van der Waals surface area (Å²) < 4.78 is 0. The van der Waals surface area contributed by atoms with E-state index in [1.54, 1.807) is 6.92 Å². The average Bonchev–Trinajstić information content (AvgIpc) is 2.34. The second kappa shape index (κ2) is 4.99. The normalized spacial score (nSPS) is 17.8. The highest BCUT2D eigenvalue weighted by molar-refractivity contribution is 5.94. The maximum absolute atomic E-state index is 11.7. The SMILES string of the molecule is CC(=O)C1=CC(C(C)(C)C)=C(O)C(C(C)(C)C)=CC1. The van der Waals surface area contributed by atoms with E-state index in [0.717, 1.165) is 16.7 Å². The van der Waals surface area contributed by atoms with Gasteiger partial charge in [0.05, 0.1) is 0 Å². The van der Waals surface area contributed by atoms with Crippen molar-refractivity contribution >= 4 is 5.78 Å². The van der Waals surface area contributed by atoms with Crippen LogP contribution in [0.3, 0.4) is 0 Å². The van der Waals surface area contributed by atoms with E-state index in [2.05, 4.69) is 41.5 Å². The summed E-state index contributed by atoms with van der Waals surface area (Å²) in [6.45, 7) is 14.0. The van der Waals surface area contributed by atoms with Crippen LogP contribution in [0.1, 0.15) is 54.9 Å². The summed E-state index contributed by atoms with van der Waals surface area (Å²) in [6.07, 6.45) is 4.44. The van der Waals surface area contributed by atoms with Crippen molar-refractivity contribution in [2.45, 2.75) is 54.9 Å². The number of aliphatic hydroxyl groups is 1. The van der Waals surface area contributed by atoms with Crippen LogP contribution in [0.5, 0.6) is 0 Å². The first-order valence-electron chi connectivity index (χ1n) is 6.81. The molecule has 1 rings (SSSR count). The number of Topliss-reactive ketones (excluding diaryl/α,β-unsaturated/α-hetero) is 1. The second-order valence-corrected chi connectivity index (χ2v) is 7.31. The molecule has 0 saturated carbocycles. The molecule has 0 bridgehead atoms. The van der Waals surface area contributed by atoms with Gasteiger partial charge in [-0.15, -0.1) is 0 Å². The molecular weight excluding hydrogens is 236 g/mol. The van der Waals surface area contributed by atoms with Crippen LogP contribution in [0.2, 0.25) is 0 Å². The van der Waals surface area contributed by atoms with Gasteiger partial charge in [-0.1, -0.05) is 47.6 Å². The Morgan fingerprint density at radius 3 is 2.00 bits per heavy atom. The van der Waals surface area contributed by atoms with Gasteiger partial charge in [0, 0.05) is 0 Å². The Hall–Kier alpha value is -1.31. The van der Waals surface area contributed by atoms with Crippen molar-refractivity contribution in [3.8, 4) is 0 Å². The van der Waals surface area contributed by atoms with Gasteiger partial charge in [-0.05, 0) is 47.0 Å². The van der Waals surface area contributed by atoms with E-state index in [9.17, 15) is 9.90 Å². The number of allylic oxidation sites excluding steroid dienone is 5. The Bertz CT molecular complexity index is 474. The van der Waals surface area contributed by atoms with Crippen LogP contribution in [0.4, 0.5) is 0 Å². The van der Waals surface area contributed by atoms with E-state index in [-0.39, 0.29) is 16.6 Å². The summed E-state index contributed by atoms with van der Waals surface area (Å²) in [6, 6.07) is 0. The van der Waals surface area contributed by atoms with Gasteiger partial charge in [0.2, 0.25) is 0 Å². The third-order valence-corrected chi connectivity index (χ3v) is 3.42. The number of aliphatic hydroxyl groups excluding tert-OH is 1. The Kier molecular flexibility index (Phi) is 4.14. The van der Waals surface area contributed by atoms with Gasteiger partial charge in [-0.25, -0.2) is 0 Å². The minimum Gasteiger partial charge on any atom is -0.507 e. The molecule has 106 valence electrons. The maximum atomic E-state index is 11.7. The molecule has 0 saturated heterocycles. The zero-order chi connectivity index (χ0) is 15.0. The average molecular weight is 262 g/mol. The monoisotopic (exact) mass is 262 g/mol. The van der Waals surface area contributed by atoms with E-state index in [1.807, 2.05) is 12.2 Å². The zero-order valence-electron chi connectivity index (χ0n) is 13.2. The predicted octanol–water partition coefficient (Wildman–Crippen LogP) is 4.74. The topological polar surface area (TPSA) is 37.3 Å². The molecule has 2 heteroatoms. The molecule has 0 fully saturated rings. The first kappa shape index (κ1) is 15.7. The molecule has 1 N–H and O–H groups in total. The quantitative estimate of drug-likeness (QED) is 0.741. The van der Waals surface area contributed by atoms with Crippen LogP contribution in [-0.4, -0.2) is 10.9 Å². The molecule has 0 spiro atoms. The van der Waals surface area contributed by atoms with Gasteiger partial charge in [-0.3, -0.25) is 4.79 Å². The van der Waals surface area contributed by atoms with Gasteiger partial charge in [0.1, 0.15) is 5.76 Å². The van der Waals surface area contributed by atoms with E-state index < -0.39 is 0 Å². The minimum absolute atomic E-state index is 0.0703. The molecule has 19 heavy (non-hydrogen) atoms. The lowest BCUT2D eigenvalue weighted by atomic mass is 9.79. The van der Waals surface area contributed by atoms with E-state index in [1.165, 1.54) is 0 Å². The molecule has 1 aliphatic carbocycles. The van der Waals surface area contributed by atoms with Crippen molar-refractivity contribution in [3.05, 3.63) is 34.6 Å². The fraction of sp³-hybridized carbons (Fsp3) is 0.588. The van der Waals surface area contributed by atoms with Crippen molar-refractivity contribution in [1.29, 1.82) is 0 Å². The third-order valence-electron chi connectivity index (χ3n) is 3.42. The fourth-order valence-corrected chi connectivity index (χ4v) is 2.23. The molecule has 0 unspecified atom stereocenters. The number of hydrogen-bond acceptors (Lipinski definition) is 2. The van der Waals surface area contributed by atoms with Crippen molar-refractivity contribution in [3.63, 3.8) is 0 Å². The molecule has 0 aromatic heterocycles. The van der Waals surface area contributed by atoms with E-state index in [0.29, 0.717) is 12.2 Å². The van der Waals surface area contributed by atoms with Gasteiger partial charge in [0.25, 0.3) is 0 Å². The molecule has 0 aliphatic heterocycles. The van der Waals surface area contributed by atoms with Gasteiger partial charge < -0.3 is 5.11 Å². The Balaban J connectivity index is 3.51.